The molecule has 0 saturated carbocycles. The van der Waals surface area contributed by atoms with Gasteiger partial charge in [0.05, 0.1) is 7.11 Å². The summed E-state index contributed by atoms with van der Waals surface area (Å²) < 4.78 is 5.17. The lowest BCUT2D eigenvalue weighted by Gasteiger charge is -2.02. The molecule has 1 heterocycles. The Hall–Kier alpha value is -0.830. The third-order valence-corrected chi connectivity index (χ3v) is 2.06. The van der Waals surface area contributed by atoms with Crippen molar-refractivity contribution in [2.24, 2.45) is 0 Å². The van der Waals surface area contributed by atoms with Crippen molar-refractivity contribution in [3.05, 3.63) is 30.1 Å². The maximum atomic E-state index is 5.17. The van der Waals surface area contributed by atoms with E-state index in [0.29, 0.717) is 0 Å². The molecule has 1 aromatic heterocycles. The average molecular weight is 242 g/mol. The van der Waals surface area contributed by atoms with Crippen molar-refractivity contribution in [1.29, 1.82) is 0 Å². The molecule has 0 amide bonds. The van der Waals surface area contributed by atoms with Gasteiger partial charge in [-0.05, 0) is 12.5 Å². The van der Waals surface area contributed by atoms with Crippen LogP contribution in [0.2, 0.25) is 0 Å². The first-order chi connectivity index (χ1) is 6.38. The van der Waals surface area contributed by atoms with Gasteiger partial charge in [-0.2, -0.15) is 0 Å². The van der Waals surface area contributed by atoms with Crippen LogP contribution in [0.3, 0.4) is 0 Å². The Balaban J connectivity index is 2.74. The van der Waals surface area contributed by atoms with Crippen LogP contribution in [-0.2, 0) is 0 Å². The van der Waals surface area contributed by atoms with Crippen LogP contribution in [0.1, 0.15) is 12.0 Å². The molecule has 0 aliphatic heterocycles. The zero-order valence-electron chi connectivity index (χ0n) is 7.53. The van der Waals surface area contributed by atoms with Crippen molar-refractivity contribution in [3.8, 4) is 5.75 Å². The molecule has 1 rings (SSSR count). The van der Waals surface area contributed by atoms with Crippen LogP contribution >= 0.6 is 15.9 Å². The Morgan fingerprint density at radius 2 is 2.46 bits per heavy atom. The van der Waals surface area contributed by atoms with Crippen molar-refractivity contribution in [2.45, 2.75) is 6.42 Å². The van der Waals surface area contributed by atoms with Crippen molar-refractivity contribution in [3.63, 3.8) is 0 Å². The summed E-state index contributed by atoms with van der Waals surface area (Å²) in [6.07, 6.45) is 8.64. The molecule has 13 heavy (non-hydrogen) atoms. The minimum atomic E-state index is 0.862. The van der Waals surface area contributed by atoms with E-state index in [1.54, 1.807) is 19.5 Å². The Morgan fingerprint density at radius 1 is 1.62 bits per heavy atom. The molecule has 70 valence electrons. The highest BCUT2D eigenvalue weighted by Crippen LogP contribution is 2.17. The van der Waals surface area contributed by atoms with E-state index in [0.717, 1.165) is 23.1 Å². The Bertz CT molecular complexity index is 286. The van der Waals surface area contributed by atoms with Crippen LogP contribution in [0.5, 0.6) is 5.75 Å². The zero-order valence-corrected chi connectivity index (χ0v) is 9.12. The van der Waals surface area contributed by atoms with Gasteiger partial charge in [-0.1, -0.05) is 28.1 Å². The quantitative estimate of drug-likeness (QED) is 0.757. The van der Waals surface area contributed by atoms with Crippen LogP contribution < -0.4 is 4.74 Å². The van der Waals surface area contributed by atoms with Gasteiger partial charge in [0.1, 0.15) is 5.75 Å². The summed E-state index contributed by atoms with van der Waals surface area (Å²) in [5.74, 6) is 0.862. The van der Waals surface area contributed by atoms with E-state index in [1.807, 2.05) is 12.1 Å². The molecule has 0 saturated heterocycles. The number of aromatic nitrogens is 1. The molecule has 0 radical (unpaired) electrons. The van der Waals surface area contributed by atoms with Crippen LogP contribution in [0.4, 0.5) is 0 Å². The molecular formula is C10H12BrNO. The van der Waals surface area contributed by atoms with Gasteiger partial charge in [0, 0.05) is 23.3 Å². The molecule has 0 unspecified atom stereocenters. The minimum absolute atomic E-state index is 0.862. The monoisotopic (exact) mass is 241 g/mol. The number of nitrogens with zero attached hydrogens (tertiary/aromatic N) is 1. The van der Waals surface area contributed by atoms with Crippen LogP contribution in [0.15, 0.2) is 24.5 Å². The Morgan fingerprint density at radius 3 is 3.15 bits per heavy atom. The molecule has 0 atom stereocenters. The van der Waals surface area contributed by atoms with Crippen molar-refractivity contribution >= 4 is 22.0 Å². The molecule has 0 bridgehead atoms. The lowest BCUT2D eigenvalue weighted by molar-refractivity contribution is 0.413. The van der Waals surface area contributed by atoms with E-state index in [9.17, 15) is 0 Å². The van der Waals surface area contributed by atoms with E-state index in [1.165, 1.54) is 0 Å². The minimum Gasteiger partial charge on any atom is -0.496 e. The molecule has 1 aromatic rings. The topological polar surface area (TPSA) is 22.1 Å². The lowest BCUT2D eigenvalue weighted by atomic mass is 10.2. The molecule has 0 aliphatic carbocycles. The number of halogens is 1. The normalized spacial score (nSPS) is 10.6. The summed E-state index contributed by atoms with van der Waals surface area (Å²) in [7, 11) is 1.66. The summed E-state index contributed by atoms with van der Waals surface area (Å²) >= 11 is 3.36. The van der Waals surface area contributed by atoms with E-state index < -0.39 is 0 Å². The maximum absolute atomic E-state index is 5.17. The molecule has 0 fully saturated rings. The zero-order chi connectivity index (χ0) is 9.52. The first-order valence-electron chi connectivity index (χ1n) is 4.09. The highest BCUT2D eigenvalue weighted by Gasteiger charge is 1.96. The second-order valence-corrected chi connectivity index (χ2v) is 3.29. The molecular weight excluding hydrogens is 230 g/mol. The first-order valence-corrected chi connectivity index (χ1v) is 5.21. The van der Waals surface area contributed by atoms with Gasteiger partial charge in [-0.15, -0.1) is 0 Å². The fraction of sp³-hybridized carbons (Fsp3) is 0.300. The molecule has 0 aliphatic rings. The number of hydrogen-bond donors (Lipinski definition) is 0. The summed E-state index contributed by atoms with van der Waals surface area (Å²) in [6.45, 7) is 0. The summed E-state index contributed by atoms with van der Waals surface area (Å²) in [6, 6.07) is 1.85. The van der Waals surface area contributed by atoms with Gasteiger partial charge in [0.2, 0.25) is 0 Å². The Labute approximate surface area is 86.8 Å². The van der Waals surface area contributed by atoms with Gasteiger partial charge in [-0.25, -0.2) is 0 Å². The molecule has 2 nitrogen and oxygen atoms in total. The highest BCUT2D eigenvalue weighted by atomic mass is 79.9. The van der Waals surface area contributed by atoms with Crippen molar-refractivity contribution in [2.75, 3.05) is 12.4 Å². The number of allylic oxidation sites excluding steroid dienone is 1. The third kappa shape index (κ3) is 3.19. The van der Waals surface area contributed by atoms with E-state index >= 15 is 0 Å². The maximum Gasteiger partial charge on any atom is 0.129 e. The standard InChI is InChI=1S/C10H12BrNO/c1-13-10-5-7-12-8-9(10)4-2-3-6-11/h2,4-5,7-8H,3,6H2,1H3. The van der Waals surface area contributed by atoms with Crippen molar-refractivity contribution < 1.29 is 4.74 Å². The number of hydrogen-bond acceptors (Lipinski definition) is 2. The van der Waals surface area contributed by atoms with Gasteiger partial charge in [-0.3, -0.25) is 4.98 Å². The van der Waals surface area contributed by atoms with Crippen LogP contribution in [0, 0.1) is 0 Å². The second-order valence-electron chi connectivity index (χ2n) is 2.50. The number of pyridine rings is 1. The average Bonchev–Trinajstić information content (AvgIpc) is 2.19. The first kappa shape index (κ1) is 10.3. The van der Waals surface area contributed by atoms with Gasteiger partial charge < -0.3 is 4.74 Å². The second kappa shape index (κ2) is 5.75. The summed E-state index contributed by atoms with van der Waals surface area (Å²) in [4.78, 5) is 4.03. The van der Waals surface area contributed by atoms with E-state index in [2.05, 4.69) is 27.0 Å². The van der Waals surface area contributed by atoms with Gasteiger partial charge in [0.15, 0.2) is 0 Å². The SMILES string of the molecule is COc1ccncc1C=CCCBr. The highest BCUT2D eigenvalue weighted by molar-refractivity contribution is 9.09. The fourth-order valence-electron chi connectivity index (χ4n) is 0.978. The van der Waals surface area contributed by atoms with E-state index in [4.69, 9.17) is 4.74 Å². The summed E-state index contributed by atoms with van der Waals surface area (Å²) in [5, 5.41) is 0.978. The molecule has 0 N–H and O–H groups in total. The summed E-state index contributed by atoms with van der Waals surface area (Å²) in [5.41, 5.74) is 1.02. The van der Waals surface area contributed by atoms with Crippen molar-refractivity contribution in [1.82, 2.24) is 4.98 Å². The van der Waals surface area contributed by atoms with Crippen LogP contribution in [0.25, 0.3) is 6.08 Å². The lowest BCUT2D eigenvalue weighted by Crippen LogP contribution is -1.87. The predicted octanol–water partition coefficient (Wildman–Crippen LogP) is 2.89. The third-order valence-electron chi connectivity index (χ3n) is 1.60. The fourth-order valence-corrected chi connectivity index (χ4v) is 1.24. The predicted molar refractivity (Wildman–Crippen MR) is 58.2 cm³/mol. The number of ether oxygens (including phenoxy) is 1. The van der Waals surface area contributed by atoms with Crippen LogP contribution in [-0.4, -0.2) is 17.4 Å². The Kier molecular flexibility index (Phi) is 4.54. The number of alkyl halides is 1. The number of methoxy groups -OCH3 is 1. The largest absolute Gasteiger partial charge is 0.496 e. The number of rotatable bonds is 4. The smallest absolute Gasteiger partial charge is 0.129 e. The van der Waals surface area contributed by atoms with E-state index in [-0.39, 0.29) is 0 Å². The van der Waals surface area contributed by atoms with Gasteiger partial charge >= 0.3 is 0 Å². The molecule has 0 spiro atoms. The van der Waals surface area contributed by atoms with Gasteiger partial charge in [0.25, 0.3) is 0 Å². The molecule has 0 aromatic carbocycles. The molecule has 3 heteroatoms.